The first-order chi connectivity index (χ1) is 26.7. The van der Waals surface area contributed by atoms with E-state index in [4.69, 9.17) is 25.5 Å². The summed E-state index contributed by atoms with van der Waals surface area (Å²) >= 11 is 0. The molecule has 3 aromatic carbocycles. The predicted octanol–water partition coefficient (Wildman–Crippen LogP) is 9.98. The highest BCUT2D eigenvalue weighted by molar-refractivity contribution is 5.69. The van der Waals surface area contributed by atoms with E-state index in [1.807, 2.05) is 70.7 Å². The summed E-state index contributed by atoms with van der Waals surface area (Å²) < 4.78 is 22.9. The molecule has 0 saturated carbocycles. The van der Waals surface area contributed by atoms with Crippen molar-refractivity contribution in [1.82, 2.24) is 14.7 Å². The van der Waals surface area contributed by atoms with Crippen LogP contribution in [-0.4, -0.2) is 77.4 Å². The Morgan fingerprint density at radius 1 is 0.714 bits per heavy atom. The largest absolute Gasteiger partial charge is 0.494 e. The van der Waals surface area contributed by atoms with Gasteiger partial charge < -0.3 is 28.7 Å². The minimum atomic E-state index is -0.484. The van der Waals surface area contributed by atoms with Crippen molar-refractivity contribution in [1.29, 1.82) is 0 Å². The lowest BCUT2D eigenvalue weighted by Gasteiger charge is -2.33. The quantitative estimate of drug-likeness (QED) is 0.158. The van der Waals surface area contributed by atoms with E-state index in [1.54, 1.807) is 17.0 Å². The molecule has 0 aromatic heterocycles. The van der Waals surface area contributed by atoms with Crippen LogP contribution in [0.15, 0.2) is 60.7 Å². The molecule has 0 spiro atoms. The molecular weight excluding hydrogens is 705 g/mol. The summed E-state index contributed by atoms with van der Waals surface area (Å²) in [7, 11) is 0. The normalized spacial score (nSPS) is 16.0. The average molecular weight is 767 g/mol. The summed E-state index contributed by atoms with van der Waals surface area (Å²) in [5.41, 5.74) is 5.97. The van der Waals surface area contributed by atoms with Gasteiger partial charge in [0.2, 0.25) is 0 Å². The second kappa shape index (κ2) is 19.4. The van der Waals surface area contributed by atoms with Crippen molar-refractivity contribution < 1.29 is 28.5 Å². The molecule has 2 amide bonds. The predicted molar refractivity (Wildman–Crippen MR) is 220 cm³/mol. The minimum Gasteiger partial charge on any atom is -0.494 e. The van der Waals surface area contributed by atoms with Crippen LogP contribution in [-0.2, 0) is 42.0 Å². The van der Waals surface area contributed by atoms with Crippen molar-refractivity contribution in [2.45, 2.75) is 118 Å². The van der Waals surface area contributed by atoms with Crippen LogP contribution < -0.4 is 9.47 Å². The van der Waals surface area contributed by atoms with Gasteiger partial charge in [0.25, 0.3) is 0 Å². The third-order valence-electron chi connectivity index (χ3n) is 10.3. The zero-order chi connectivity index (χ0) is 40.3. The van der Waals surface area contributed by atoms with E-state index in [0.717, 1.165) is 94.1 Å². The molecule has 56 heavy (non-hydrogen) atoms. The summed E-state index contributed by atoms with van der Waals surface area (Å²) in [6.45, 7) is 28.0. The summed E-state index contributed by atoms with van der Waals surface area (Å²) in [5.74, 6) is 2.50. The SMILES string of the molecule is CCN1CCc2cc(OCCCC3CCN(C(=O)OC(C)(C)C)CC3)ccc2C1.[C-]#[N+]c1ccc(COc2ccc3c(c2)CCN(C(=O)OC(C)(C)C)C3)cc1. The molecule has 3 aliphatic rings. The maximum absolute atomic E-state index is 12.3. The van der Waals surface area contributed by atoms with Gasteiger partial charge in [-0.3, -0.25) is 4.90 Å². The van der Waals surface area contributed by atoms with Crippen LogP contribution in [0, 0.1) is 12.5 Å². The van der Waals surface area contributed by atoms with Crippen LogP contribution in [0.25, 0.3) is 4.85 Å². The highest BCUT2D eigenvalue weighted by atomic mass is 16.6. The Hall–Kier alpha value is -4.75. The van der Waals surface area contributed by atoms with Crippen molar-refractivity contribution in [3.05, 3.63) is 99.9 Å². The summed E-state index contributed by atoms with van der Waals surface area (Å²) in [5, 5.41) is 0. The zero-order valence-corrected chi connectivity index (χ0v) is 34.7. The Labute approximate surface area is 334 Å². The number of hydrogen-bond acceptors (Lipinski definition) is 7. The van der Waals surface area contributed by atoms with Gasteiger partial charge in [-0.1, -0.05) is 43.3 Å². The van der Waals surface area contributed by atoms with E-state index < -0.39 is 11.2 Å². The number of piperidine rings is 1. The fourth-order valence-corrected chi connectivity index (χ4v) is 7.18. The molecular formula is C46H62N4O6. The molecule has 3 aliphatic heterocycles. The molecule has 302 valence electrons. The van der Waals surface area contributed by atoms with Crippen molar-refractivity contribution in [2.75, 3.05) is 39.3 Å². The van der Waals surface area contributed by atoms with E-state index in [9.17, 15) is 9.59 Å². The molecule has 6 rings (SSSR count). The van der Waals surface area contributed by atoms with E-state index >= 15 is 0 Å². The summed E-state index contributed by atoms with van der Waals surface area (Å²) in [6, 6.07) is 20.0. The third kappa shape index (κ3) is 13.2. The Kier molecular flexibility index (Phi) is 14.7. The van der Waals surface area contributed by atoms with Gasteiger partial charge in [0, 0.05) is 39.3 Å². The number of nitrogens with zero attached hydrogens (tertiary/aromatic N) is 4. The maximum atomic E-state index is 12.3. The standard InChI is InChI=1S/C24H38N2O3.C22H24N2O3/c1-5-25-13-12-20-17-22(9-8-21(20)18-25)28-16-6-7-19-10-14-26(15-11-19)23(27)29-24(2,3)4;1-22(2,3)27-21(25)24-12-11-17-13-20(10-7-18(17)14-24)26-15-16-5-8-19(23-4)9-6-16/h8-9,17,19H,5-7,10-16,18H2,1-4H3;5-10,13H,11-12,14-15H2,1-3H3. The zero-order valence-electron chi connectivity index (χ0n) is 34.7. The number of ether oxygens (including phenoxy) is 4. The number of fused-ring (bicyclic) bond motifs is 2. The number of amides is 2. The molecule has 0 bridgehead atoms. The first kappa shape index (κ1) is 42.4. The highest BCUT2D eigenvalue weighted by Gasteiger charge is 2.28. The molecule has 10 heteroatoms. The van der Waals surface area contributed by atoms with Gasteiger partial charge in [0.05, 0.1) is 13.2 Å². The molecule has 3 aromatic rings. The fraction of sp³-hybridized carbons (Fsp3) is 0.543. The lowest BCUT2D eigenvalue weighted by atomic mass is 9.92. The smallest absolute Gasteiger partial charge is 0.410 e. The Balaban J connectivity index is 0.000000215. The number of carbonyl (C=O) groups is 2. The molecule has 0 N–H and O–H groups in total. The maximum Gasteiger partial charge on any atom is 0.410 e. The van der Waals surface area contributed by atoms with E-state index in [2.05, 4.69) is 40.9 Å². The third-order valence-corrected chi connectivity index (χ3v) is 10.3. The van der Waals surface area contributed by atoms with Gasteiger partial charge in [-0.2, -0.15) is 0 Å². The molecule has 1 saturated heterocycles. The van der Waals surface area contributed by atoms with Crippen molar-refractivity contribution in [3.63, 3.8) is 0 Å². The van der Waals surface area contributed by atoms with Gasteiger partial charge in [-0.05, 0) is 145 Å². The van der Waals surface area contributed by atoms with Crippen LogP contribution in [0.2, 0.25) is 0 Å². The van der Waals surface area contributed by atoms with Crippen molar-refractivity contribution >= 4 is 17.9 Å². The van der Waals surface area contributed by atoms with Crippen LogP contribution in [0.5, 0.6) is 11.5 Å². The topological polar surface area (TPSA) is 85.1 Å². The van der Waals surface area contributed by atoms with Crippen molar-refractivity contribution in [2.24, 2.45) is 5.92 Å². The van der Waals surface area contributed by atoms with E-state index in [-0.39, 0.29) is 12.2 Å². The van der Waals surface area contributed by atoms with Crippen LogP contribution in [0.4, 0.5) is 15.3 Å². The average Bonchev–Trinajstić information content (AvgIpc) is 3.17. The number of rotatable bonds is 9. The molecule has 1 fully saturated rings. The van der Waals surface area contributed by atoms with Gasteiger partial charge >= 0.3 is 12.2 Å². The lowest BCUT2D eigenvalue weighted by Crippen LogP contribution is -2.41. The second-order valence-corrected chi connectivity index (χ2v) is 17.1. The highest BCUT2D eigenvalue weighted by Crippen LogP contribution is 2.28. The summed E-state index contributed by atoms with van der Waals surface area (Å²) in [4.78, 5) is 33.9. The first-order valence-electron chi connectivity index (χ1n) is 20.3. The lowest BCUT2D eigenvalue weighted by molar-refractivity contribution is 0.0177. The molecule has 10 nitrogen and oxygen atoms in total. The van der Waals surface area contributed by atoms with E-state index in [1.165, 1.54) is 23.1 Å². The summed E-state index contributed by atoms with van der Waals surface area (Å²) in [6.07, 6.45) is 5.82. The fourth-order valence-electron chi connectivity index (χ4n) is 7.18. The van der Waals surface area contributed by atoms with Gasteiger partial charge in [0.1, 0.15) is 29.3 Å². The Bertz CT molecular complexity index is 1800. The number of hydrogen-bond donors (Lipinski definition) is 0. The number of carbonyl (C=O) groups excluding carboxylic acids is 2. The second-order valence-electron chi connectivity index (χ2n) is 17.1. The van der Waals surface area contributed by atoms with Crippen LogP contribution in [0.3, 0.4) is 0 Å². The molecule has 0 unspecified atom stereocenters. The van der Waals surface area contributed by atoms with Gasteiger partial charge in [-0.15, -0.1) is 0 Å². The number of likely N-dealkylation sites (tertiary alicyclic amines) is 1. The van der Waals surface area contributed by atoms with Crippen molar-refractivity contribution in [3.8, 4) is 11.5 Å². The molecule has 0 atom stereocenters. The first-order valence-corrected chi connectivity index (χ1v) is 20.3. The Morgan fingerprint density at radius 3 is 1.88 bits per heavy atom. The van der Waals surface area contributed by atoms with Gasteiger partial charge in [-0.25, -0.2) is 14.4 Å². The van der Waals surface area contributed by atoms with E-state index in [0.29, 0.717) is 31.3 Å². The monoisotopic (exact) mass is 766 g/mol. The molecule has 0 aliphatic carbocycles. The molecule has 3 heterocycles. The van der Waals surface area contributed by atoms with Crippen LogP contribution >= 0.6 is 0 Å². The van der Waals surface area contributed by atoms with Crippen LogP contribution in [0.1, 0.15) is 102 Å². The van der Waals surface area contributed by atoms with Gasteiger partial charge in [0.15, 0.2) is 5.69 Å². The minimum absolute atomic E-state index is 0.172. The molecule has 0 radical (unpaired) electrons. The number of likely N-dealkylation sites (N-methyl/N-ethyl adjacent to an activating group) is 1. The number of benzene rings is 3. The Morgan fingerprint density at radius 2 is 1.29 bits per heavy atom.